The van der Waals surface area contributed by atoms with Crippen LogP contribution in [0, 0.1) is 0 Å². The zero-order valence-corrected chi connectivity index (χ0v) is 16.9. The van der Waals surface area contributed by atoms with E-state index in [1.807, 2.05) is 6.21 Å². The summed E-state index contributed by atoms with van der Waals surface area (Å²) in [7, 11) is 0. The fourth-order valence-corrected chi connectivity index (χ4v) is 5.11. The van der Waals surface area contributed by atoms with Gasteiger partial charge in [0, 0.05) is 16.0 Å². The summed E-state index contributed by atoms with van der Waals surface area (Å²) in [4.78, 5) is 6.86. The molecule has 142 valence electrons. The molecule has 0 amide bonds. The fourth-order valence-electron chi connectivity index (χ4n) is 4.19. The van der Waals surface area contributed by atoms with Gasteiger partial charge in [-0.05, 0) is 74.3 Å². The first-order valence-electron chi connectivity index (χ1n) is 9.86. The molecule has 2 nitrogen and oxygen atoms in total. The second kappa shape index (κ2) is 6.68. The van der Waals surface area contributed by atoms with E-state index < -0.39 is 0 Å². The molecular weight excluding hydrogens is 386 g/mol. The van der Waals surface area contributed by atoms with Crippen molar-refractivity contribution in [3.8, 4) is 16.2 Å². The molecule has 6 rings (SSSR count). The van der Waals surface area contributed by atoms with Crippen molar-refractivity contribution < 1.29 is 5.11 Å². The highest BCUT2D eigenvalue weighted by molar-refractivity contribution is 7.17. The van der Waals surface area contributed by atoms with E-state index in [4.69, 9.17) is 0 Å². The molecule has 0 radical (unpaired) electrons. The molecule has 1 heterocycles. The van der Waals surface area contributed by atoms with Gasteiger partial charge >= 0.3 is 0 Å². The van der Waals surface area contributed by atoms with Crippen LogP contribution in [0.4, 0.5) is 5.69 Å². The quantitative estimate of drug-likeness (QED) is 0.238. The molecule has 0 aliphatic heterocycles. The van der Waals surface area contributed by atoms with Gasteiger partial charge in [-0.1, -0.05) is 54.6 Å². The van der Waals surface area contributed by atoms with Gasteiger partial charge in [-0.3, -0.25) is 4.99 Å². The standard InChI is InChI=1S/C27H17NOS/c29-21-10-8-20(9-11-21)28-16-22-12-15-25(30-22)23-13-6-19-5-4-17-2-1-3-18-7-14-24(23)27(19)26(17)18/h1-16,29H. The first-order valence-corrected chi connectivity index (χ1v) is 10.7. The Morgan fingerprint density at radius 2 is 1.37 bits per heavy atom. The van der Waals surface area contributed by atoms with Gasteiger partial charge in [-0.25, -0.2) is 0 Å². The maximum Gasteiger partial charge on any atom is 0.115 e. The predicted molar refractivity (Wildman–Crippen MR) is 129 cm³/mol. The van der Waals surface area contributed by atoms with Gasteiger partial charge in [0.05, 0.1) is 5.69 Å². The number of thiophene rings is 1. The van der Waals surface area contributed by atoms with Crippen LogP contribution in [0.15, 0.2) is 96.0 Å². The molecule has 0 unspecified atom stereocenters. The summed E-state index contributed by atoms with van der Waals surface area (Å²) in [5.41, 5.74) is 2.08. The Morgan fingerprint density at radius 3 is 2.17 bits per heavy atom. The molecule has 0 saturated carbocycles. The van der Waals surface area contributed by atoms with Crippen LogP contribution in [0.1, 0.15) is 4.88 Å². The molecule has 0 aliphatic rings. The van der Waals surface area contributed by atoms with Gasteiger partial charge in [0.1, 0.15) is 5.75 Å². The van der Waals surface area contributed by atoms with Gasteiger partial charge in [-0.15, -0.1) is 11.3 Å². The molecule has 0 spiro atoms. The average Bonchev–Trinajstić information content (AvgIpc) is 3.26. The van der Waals surface area contributed by atoms with Crippen LogP contribution in [-0.4, -0.2) is 11.3 Å². The first-order chi connectivity index (χ1) is 14.8. The number of hydrogen-bond donors (Lipinski definition) is 1. The third kappa shape index (κ3) is 2.75. The minimum atomic E-state index is 0.251. The Labute approximate surface area is 177 Å². The van der Waals surface area contributed by atoms with E-state index in [1.165, 1.54) is 42.8 Å². The SMILES string of the molecule is Oc1ccc(N=Cc2ccc(-c3ccc4ccc5cccc6ccc3c4c56)s2)cc1. The van der Waals surface area contributed by atoms with E-state index in [9.17, 15) is 5.11 Å². The number of phenolic OH excluding ortho intramolecular Hbond substituents is 1. The number of aromatic hydroxyl groups is 1. The highest BCUT2D eigenvalue weighted by Crippen LogP contribution is 2.40. The Bertz CT molecular complexity index is 1530. The molecule has 0 saturated heterocycles. The Kier molecular flexibility index (Phi) is 3.83. The van der Waals surface area contributed by atoms with Crippen LogP contribution in [0.25, 0.3) is 42.8 Å². The molecule has 0 aliphatic carbocycles. The van der Waals surface area contributed by atoms with Crippen LogP contribution in [0.5, 0.6) is 5.75 Å². The van der Waals surface area contributed by atoms with Crippen molar-refractivity contribution in [2.75, 3.05) is 0 Å². The number of aliphatic imine (C=N–C) groups is 1. The molecular formula is C27H17NOS. The molecule has 0 bridgehead atoms. The van der Waals surface area contributed by atoms with Gasteiger partial charge in [0.25, 0.3) is 0 Å². The summed E-state index contributed by atoms with van der Waals surface area (Å²) in [6.45, 7) is 0. The largest absolute Gasteiger partial charge is 0.508 e. The summed E-state index contributed by atoms with van der Waals surface area (Å²) in [6.07, 6.45) is 1.89. The van der Waals surface area contributed by atoms with Gasteiger partial charge < -0.3 is 5.11 Å². The van der Waals surface area contributed by atoms with Crippen molar-refractivity contribution in [2.45, 2.75) is 0 Å². The molecule has 3 heteroatoms. The minimum Gasteiger partial charge on any atom is -0.508 e. The van der Waals surface area contributed by atoms with Crippen molar-refractivity contribution in [3.05, 3.63) is 95.9 Å². The lowest BCUT2D eigenvalue weighted by Gasteiger charge is -2.13. The highest BCUT2D eigenvalue weighted by atomic mass is 32.1. The molecule has 6 aromatic rings. The summed E-state index contributed by atoms with van der Waals surface area (Å²) in [6, 6.07) is 31.1. The van der Waals surface area contributed by atoms with Gasteiger partial charge in [-0.2, -0.15) is 0 Å². The Morgan fingerprint density at radius 1 is 0.667 bits per heavy atom. The number of rotatable bonds is 3. The van der Waals surface area contributed by atoms with E-state index in [0.29, 0.717) is 0 Å². The molecule has 1 aromatic heterocycles. The maximum atomic E-state index is 9.41. The lowest BCUT2D eigenvalue weighted by molar-refractivity contribution is 0.475. The van der Waals surface area contributed by atoms with Gasteiger partial charge in [0.15, 0.2) is 0 Å². The third-order valence-corrected chi connectivity index (χ3v) is 6.66. The first kappa shape index (κ1) is 17.2. The van der Waals surface area contributed by atoms with E-state index in [2.05, 4.69) is 71.7 Å². The number of benzene rings is 5. The fraction of sp³-hybridized carbons (Fsp3) is 0. The van der Waals surface area contributed by atoms with E-state index in [-0.39, 0.29) is 5.75 Å². The molecule has 0 atom stereocenters. The van der Waals surface area contributed by atoms with E-state index in [0.717, 1.165) is 10.6 Å². The Balaban J connectivity index is 1.46. The van der Waals surface area contributed by atoms with Crippen LogP contribution in [0.3, 0.4) is 0 Å². The van der Waals surface area contributed by atoms with Crippen LogP contribution in [-0.2, 0) is 0 Å². The topological polar surface area (TPSA) is 32.6 Å². The maximum absolute atomic E-state index is 9.41. The monoisotopic (exact) mass is 403 g/mol. The highest BCUT2D eigenvalue weighted by Gasteiger charge is 2.12. The smallest absolute Gasteiger partial charge is 0.115 e. The lowest BCUT2D eigenvalue weighted by atomic mass is 9.91. The van der Waals surface area contributed by atoms with Crippen molar-refractivity contribution in [1.29, 1.82) is 0 Å². The Hall–Kier alpha value is -3.69. The van der Waals surface area contributed by atoms with E-state index >= 15 is 0 Å². The zero-order chi connectivity index (χ0) is 20.1. The average molecular weight is 404 g/mol. The minimum absolute atomic E-state index is 0.251. The van der Waals surface area contributed by atoms with Crippen molar-refractivity contribution in [1.82, 2.24) is 0 Å². The van der Waals surface area contributed by atoms with E-state index in [1.54, 1.807) is 35.6 Å². The molecule has 30 heavy (non-hydrogen) atoms. The number of hydrogen-bond acceptors (Lipinski definition) is 3. The number of nitrogens with zero attached hydrogens (tertiary/aromatic N) is 1. The normalized spacial score (nSPS) is 12.0. The predicted octanol–water partition coefficient (Wildman–Crippen LogP) is 7.77. The second-order valence-electron chi connectivity index (χ2n) is 7.45. The van der Waals surface area contributed by atoms with Crippen LogP contribution in [0.2, 0.25) is 0 Å². The summed E-state index contributed by atoms with van der Waals surface area (Å²) < 4.78 is 0. The molecule has 5 aromatic carbocycles. The lowest BCUT2D eigenvalue weighted by Crippen LogP contribution is -1.85. The summed E-state index contributed by atoms with van der Waals surface area (Å²) >= 11 is 1.74. The number of phenols is 1. The summed E-state index contributed by atoms with van der Waals surface area (Å²) in [5, 5.41) is 17.3. The van der Waals surface area contributed by atoms with Crippen molar-refractivity contribution in [3.63, 3.8) is 0 Å². The van der Waals surface area contributed by atoms with Gasteiger partial charge in [0.2, 0.25) is 0 Å². The summed E-state index contributed by atoms with van der Waals surface area (Å²) in [5.74, 6) is 0.251. The zero-order valence-electron chi connectivity index (χ0n) is 16.0. The second-order valence-corrected chi connectivity index (χ2v) is 8.56. The molecule has 0 fully saturated rings. The molecule has 1 N–H and O–H groups in total. The van der Waals surface area contributed by atoms with Crippen LogP contribution < -0.4 is 0 Å². The van der Waals surface area contributed by atoms with Crippen molar-refractivity contribution >= 4 is 55.6 Å². The third-order valence-electron chi connectivity index (χ3n) is 5.61. The van der Waals surface area contributed by atoms with Crippen molar-refractivity contribution in [2.24, 2.45) is 4.99 Å². The van der Waals surface area contributed by atoms with Crippen LogP contribution >= 0.6 is 11.3 Å².